The number of pyridine rings is 1. The first-order valence-electron chi connectivity index (χ1n) is 5.30. The normalized spacial score (nSPS) is 9.75. The van der Waals surface area contributed by atoms with Crippen molar-refractivity contribution in [1.82, 2.24) is 15.6 Å². The van der Waals surface area contributed by atoms with Crippen molar-refractivity contribution >= 4 is 5.91 Å². The smallest absolute Gasteiger partial charge is 0.221 e. The van der Waals surface area contributed by atoms with Crippen molar-refractivity contribution in [2.45, 2.75) is 13.0 Å². The Balaban J connectivity index is 2.13. The summed E-state index contributed by atoms with van der Waals surface area (Å²) < 4.78 is 0. The van der Waals surface area contributed by atoms with Crippen molar-refractivity contribution < 1.29 is 4.79 Å². The second kappa shape index (κ2) is 7.59. The molecule has 86 valence electrons. The van der Waals surface area contributed by atoms with Crippen molar-refractivity contribution in [3.63, 3.8) is 0 Å². The van der Waals surface area contributed by atoms with Gasteiger partial charge < -0.3 is 10.6 Å². The topological polar surface area (TPSA) is 54.0 Å². The molecular weight excluding hydrogens is 202 g/mol. The molecule has 0 bridgehead atoms. The molecule has 0 aliphatic heterocycles. The van der Waals surface area contributed by atoms with Crippen LogP contribution in [0.25, 0.3) is 0 Å². The summed E-state index contributed by atoms with van der Waals surface area (Å²) in [6, 6.07) is 3.79. The lowest BCUT2D eigenvalue weighted by atomic mass is 10.3. The van der Waals surface area contributed by atoms with Crippen LogP contribution in [-0.2, 0) is 11.3 Å². The summed E-state index contributed by atoms with van der Waals surface area (Å²) in [6.07, 6.45) is 5.71. The van der Waals surface area contributed by atoms with Crippen LogP contribution in [0, 0.1) is 0 Å². The molecule has 1 amide bonds. The SMILES string of the molecule is C=CCNCCC(=O)NCc1cccnc1. The molecule has 0 aromatic carbocycles. The molecular formula is C12H17N3O. The molecule has 0 saturated carbocycles. The van der Waals surface area contributed by atoms with Crippen LogP contribution in [0.5, 0.6) is 0 Å². The van der Waals surface area contributed by atoms with Gasteiger partial charge in [0.15, 0.2) is 0 Å². The predicted octanol–water partition coefficient (Wildman–Crippen LogP) is 0.863. The van der Waals surface area contributed by atoms with Crippen molar-refractivity contribution in [2.75, 3.05) is 13.1 Å². The van der Waals surface area contributed by atoms with Crippen LogP contribution in [0.3, 0.4) is 0 Å². The Kier molecular flexibility index (Phi) is 5.88. The van der Waals surface area contributed by atoms with Crippen LogP contribution in [0.2, 0.25) is 0 Å². The second-order valence-corrected chi connectivity index (χ2v) is 3.38. The van der Waals surface area contributed by atoms with Gasteiger partial charge in [-0.1, -0.05) is 12.1 Å². The molecule has 0 aliphatic rings. The van der Waals surface area contributed by atoms with Crippen LogP contribution in [0.4, 0.5) is 0 Å². The van der Waals surface area contributed by atoms with Crippen LogP contribution < -0.4 is 10.6 Å². The highest BCUT2D eigenvalue weighted by atomic mass is 16.1. The Morgan fingerprint density at radius 2 is 2.44 bits per heavy atom. The molecule has 16 heavy (non-hydrogen) atoms. The minimum atomic E-state index is 0.0421. The van der Waals surface area contributed by atoms with Crippen LogP contribution >= 0.6 is 0 Å². The number of aromatic nitrogens is 1. The molecule has 0 spiro atoms. The maximum atomic E-state index is 11.4. The summed E-state index contributed by atoms with van der Waals surface area (Å²) in [7, 11) is 0. The predicted molar refractivity (Wildman–Crippen MR) is 63.8 cm³/mol. The van der Waals surface area contributed by atoms with E-state index in [0.29, 0.717) is 19.5 Å². The van der Waals surface area contributed by atoms with Crippen molar-refractivity contribution in [1.29, 1.82) is 0 Å². The summed E-state index contributed by atoms with van der Waals surface area (Å²) in [5.41, 5.74) is 1.01. The van der Waals surface area contributed by atoms with Gasteiger partial charge in [0, 0.05) is 38.4 Å². The van der Waals surface area contributed by atoms with E-state index in [1.165, 1.54) is 0 Å². The molecule has 1 aromatic rings. The van der Waals surface area contributed by atoms with Gasteiger partial charge in [-0.3, -0.25) is 9.78 Å². The minimum absolute atomic E-state index is 0.0421. The lowest BCUT2D eigenvalue weighted by molar-refractivity contribution is -0.121. The van der Waals surface area contributed by atoms with Crippen molar-refractivity contribution in [2.24, 2.45) is 0 Å². The minimum Gasteiger partial charge on any atom is -0.352 e. The zero-order valence-corrected chi connectivity index (χ0v) is 9.28. The summed E-state index contributed by atoms with van der Waals surface area (Å²) in [4.78, 5) is 15.4. The third-order valence-corrected chi connectivity index (χ3v) is 2.03. The summed E-state index contributed by atoms with van der Waals surface area (Å²) in [5, 5.41) is 5.90. The molecule has 1 aromatic heterocycles. The van der Waals surface area contributed by atoms with Crippen molar-refractivity contribution in [3.05, 3.63) is 42.7 Å². The van der Waals surface area contributed by atoms with Gasteiger partial charge in [0.05, 0.1) is 0 Å². The molecule has 0 aliphatic carbocycles. The van der Waals surface area contributed by atoms with Gasteiger partial charge in [-0.15, -0.1) is 6.58 Å². The Hall–Kier alpha value is -1.68. The standard InChI is InChI=1S/C12H17N3O/c1-2-6-13-8-5-12(16)15-10-11-4-3-7-14-9-11/h2-4,7,9,13H,1,5-6,8,10H2,(H,15,16). The highest BCUT2D eigenvalue weighted by Crippen LogP contribution is 1.94. The summed E-state index contributed by atoms with van der Waals surface area (Å²) in [5.74, 6) is 0.0421. The molecule has 1 rings (SSSR count). The number of carbonyl (C=O) groups excluding carboxylic acids is 1. The van der Waals surface area contributed by atoms with Crippen LogP contribution in [0.15, 0.2) is 37.2 Å². The second-order valence-electron chi connectivity index (χ2n) is 3.38. The van der Waals surface area contributed by atoms with E-state index in [4.69, 9.17) is 0 Å². The van der Waals surface area contributed by atoms with Gasteiger partial charge in [-0.05, 0) is 11.6 Å². The van der Waals surface area contributed by atoms with Crippen LogP contribution in [0.1, 0.15) is 12.0 Å². The molecule has 0 fully saturated rings. The van der Waals surface area contributed by atoms with E-state index in [0.717, 1.165) is 12.1 Å². The van der Waals surface area contributed by atoms with E-state index in [1.807, 2.05) is 12.1 Å². The third-order valence-electron chi connectivity index (χ3n) is 2.03. The molecule has 4 heteroatoms. The van der Waals surface area contributed by atoms with E-state index in [-0.39, 0.29) is 5.91 Å². The largest absolute Gasteiger partial charge is 0.352 e. The Morgan fingerprint density at radius 1 is 1.56 bits per heavy atom. The Labute approximate surface area is 95.8 Å². The van der Waals surface area contributed by atoms with E-state index in [2.05, 4.69) is 22.2 Å². The Bertz CT molecular complexity index is 324. The number of amides is 1. The van der Waals surface area contributed by atoms with Gasteiger partial charge in [-0.25, -0.2) is 0 Å². The molecule has 4 nitrogen and oxygen atoms in total. The van der Waals surface area contributed by atoms with E-state index >= 15 is 0 Å². The average Bonchev–Trinajstić information content (AvgIpc) is 2.33. The Morgan fingerprint density at radius 3 is 3.12 bits per heavy atom. The van der Waals surface area contributed by atoms with E-state index < -0.39 is 0 Å². The fraction of sp³-hybridized carbons (Fsp3) is 0.333. The third kappa shape index (κ3) is 5.26. The number of nitrogens with zero attached hydrogens (tertiary/aromatic N) is 1. The molecule has 0 radical (unpaired) electrons. The number of carbonyl (C=O) groups is 1. The maximum Gasteiger partial charge on any atom is 0.221 e. The summed E-state index contributed by atoms with van der Waals surface area (Å²) in [6.45, 7) is 5.52. The fourth-order valence-electron chi connectivity index (χ4n) is 1.20. The number of hydrogen-bond donors (Lipinski definition) is 2. The molecule has 0 atom stereocenters. The number of rotatable bonds is 7. The van der Waals surface area contributed by atoms with Gasteiger partial charge in [-0.2, -0.15) is 0 Å². The summed E-state index contributed by atoms with van der Waals surface area (Å²) >= 11 is 0. The lowest BCUT2D eigenvalue weighted by Gasteiger charge is -2.05. The van der Waals surface area contributed by atoms with E-state index in [9.17, 15) is 4.79 Å². The maximum absolute atomic E-state index is 11.4. The monoisotopic (exact) mass is 219 g/mol. The number of hydrogen-bond acceptors (Lipinski definition) is 3. The molecule has 0 saturated heterocycles. The fourth-order valence-corrected chi connectivity index (χ4v) is 1.20. The number of nitrogens with one attached hydrogen (secondary N) is 2. The lowest BCUT2D eigenvalue weighted by Crippen LogP contribution is -2.27. The molecule has 1 heterocycles. The average molecular weight is 219 g/mol. The zero-order valence-electron chi connectivity index (χ0n) is 9.28. The zero-order chi connectivity index (χ0) is 11.6. The first kappa shape index (κ1) is 12.4. The van der Waals surface area contributed by atoms with E-state index in [1.54, 1.807) is 18.5 Å². The van der Waals surface area contributed by atoms with Gasteiger partial charge >= 0.3 is 0 Å². The van der Waals surface area contributed by atoms with Crippen LogP contribution in [-0.4, -0.2) is 24.0 Å². The highest BCUT2D eigenvalue weighted by molar-refractivity contribution is 5.76. The van der Waals surface area contributed by atoms with Gasteiger partial charge in [0.1, 0.15) is 0 Å². The first-order chi connectivity index (χ1) is 7.83. The highest BCUT2D eigenvalue weighted by Gasteiger charge is 1.99. The molecule has 2 N–H and O–H groups in total. The van der Waals surface area contributed by atoms with Gasteiger partial charge in [0.2, 0.25) is 5.91 Å². The molecule has 0 unspecified atom stereocenters. The quantitative estimate of drug-likeness (QED) is 0.528. The van der Waals surface area contributed by atoms with Gasteiger partial charge in [0.25, 0.3) is 0 Å². The first-order valence-corrected chi connectivity index (χ1v) is 5.30. The van der Waals surface area contributed by atoms with Crippen molar-refractivity contribution in [3.8, 4) is 0 Å².